The summed E-state index contributed by atoms with van der Waals surface area (Å²) in [6, 6.07) is 6.92. The zero-order chi connectivity index (χ0) is 33.2. The molecule has 0 bridgehead atoms. The van der Waals surface area contributed by atoms with Crippen LogP contribution in [0, 0.1) is 6.92 Å². The van der Waals surface area contributed by atoms with E-state index in [1.165, 1.54) is 17.6 Å². The van der Waals surface area contributed by atoms with Gasteiger partial charge in [0, 0.05) is 51.1 Å². The van der Waals surface area contributed by atoms with Gasteiger partial charge >= 0.3 is 12.1 Å². The number of ether oxygens (including phenoxy) is 2. The maximum absolute atomic E-state index is 12.7. The van der Waals surface area contributed by atoms with Gasteiger partial charge in [0.2, 0.25) is 5.95 Å². The summed E-state index contributed by atoms with van der Waals surface area (Å²) in [5.74, 6) is 1.48. The molecular formula is C31H41N7O6S2. The van der Waals surface area contributed by atoms with Crippen molar-refractivity contribution in [2.75, 3.05) is 60.7 Å². The molecule has 3 aromatic rings. The SMILES string of the molecule is CCOC(=O)c1sc(Nc2nc(N3CCN(C(=O)OC(C)(C)C)CC3)c3c(n2)N(Cc2ccc(S(C)(=O)=O)cc2)CCC3)nc1C. The van der Waals surface area contributed by atoms with Crippen molar-refractivity contribution in [1.29, 1.82) is 0 Å². The third kappa shape index (κ3) is 7.86. The molecule has 4 heterocycles. The lowest BCUT2D eigenvalue weighted by Gasteiger charge is -2.38. The second kappa shape index (κ2) is 13.4. The number of aromatic nitrogens is 3. The smallest absolute Gasteiger partial charge is 0.410 e. The van der Waals surface area contributed by atoms with Gasteiger partial charge in [0.25, 0.3) is 0 Å². The first kappa shape index (κ1) is 33.4. The minimum Gasteiger partial charge on any atom is -0.462 e. The summed E-state index contributed by atoms with van der Waals surface area (Å²) in [4.78, 5) is 46.4. The fraction of sp³-hybridized carbons (Fsp3) is 0.516. The van der Waals surface area contributed by atoms with Crippen LogP contribution in [0.25, 0.3) is 0 Å². The van der Waals surface area contributed by atoms with E-state index < -0.39 is 21.4 Å². The number of esters is 1. The number of fused-ring (bicyclic) bond motifs is 1. The van der Waals surface area contributed by atoms with E-state index in [1.807, 2.05) is 32.9 Å². The standard InChI is InChI=1S/C31H41N7O6S2/c1-7-43-27(39)24-20(2)32-29(45-24)35-28-33-25(36-15-17-37(18-16-36)30(40)44-31(3,4)5)23-9-8-14-38(26(23)34-28)19-21-10-12-22(13-11-21)46(6,41)42/h10-13H,7-9,14-19H2,1-6H3,(H,32,33,34,35). The number of aryl methyl sites for hydroxylation is 1. The van der Waals surface area contributed by atoms with E-state index >= 15 is 0 Å². The Morgan fingerprint density at radius 1 is 1.00 bits per heavy atom. The monoisotopic (exact) mass is 671 g/mol. The Morgan fingerprint density at radius 3 is 2.30 bits per heavy atom. The highest BCUT2D eigenvalue weighted by atomic mass is 32.2. The first-order valence-electron chi connectivity index (χ1n) is 15.3. The number of rotatable bonds is 8. The average Bonchev–Trinajstić information content (AvgIpc) is 3.36. The number of amides is 1. The van der Waals surface area contributed by atoms with Crippen LogP contribution in [0.2, 0.25) is 0 Å². The van der Waals surface area contributed by atoms with Crippen molar-refractivity contribution in [1.82, 2.24) is 19.9 Å². The molecule has 1 N–H and O–H groups in total. The summed E-state index contributed by atoms with van der Waals surface area (Å²) in [6.07, 6.45) is 2.54. The lowest BCUT2D eigenvalue weighted by molar-refractivity contribution is 0.0240. The predicted octanol–water partition coefficient (Wildman–Crippen LogP) is 4.58. The number of piperazine rings is 1. The fourth-order valence-electron chi connectivity index (χ4n) is 5.39. The number of carbonyl (C=O) groups excluding carboxylic acids is 2. The molecule has 2 aliphatic rings. The zero-order valence-corrected chi connectivity index (χ0v) is 28.8. The Morgan fingerprint density at radius 2 is 1.67 bits per heavy atom. The lowest BCUT2D eigenvalue weighted by atomic mass is 10.0. The summed E-state index contributed by atoms with van der Waals surface area (Å²) in [5.41, 5.74) is 1.95. The molecule has 46 heavy (non-hydrogen) atoms. The molecule has 248 valence electrons. The van der Waals surface area contributed by atoms with Gasteiger partial charge in [-0.2, -0.15) is 9.97 Å². The maximum Gasteiger partial charge on any atom is 0.410 e. The Balaban J connectivity index is 1.46. The van der Waals surface area contributed by atoms with Crippen molar-refractivity contribution in [3.8, 4) is 0 Å². The number of hydrogen-bond acceptors (Lipinski definition) is 13. The molecule has 1 aromatic carbocycles. The number of benzene rings is 1. The van der Waals surface area contributed by atoms with Crippen LogP contribution >= 0.6 is 11.3 Å². The molecule has 1 fully saturated rings. The number of sulfone groups is 1. The van der Waals surface area contributed by atoms with Crippen LogP contribution in [0.5, 0.6) is 0 Å². The van der Waals surface area contributed by atoms with Crippen LogP contribution in [-0.2, 0) is 32.3 Å². The molecule has 2 aromatic heterocycles. The van der Waals surface area contributed by atoms with Crippen LogP contribution in [0.1, 0.15) is 60.6 Å². The van der Waals surface area contributed by atoms with Crippen LogP contribution in [0.15, 0.2) is 29.2 Å². The van der Waals surface area contributed by atoms with Gasteiger partial charge in [-0.25, -0.2) is 23.0 Å². The molecule has 0 unspecified atom stereocenters. The number of nitrogens with one attached hydrogen (secondary N) is 1. The molecule has 0 saturated carbocycles. The van der Waals surface area contributed by atoms with Gasteiger partial charge in [0.1, 0.15) is 22.1 Å². The zero-order valence-electron chi connectivity index (χ0n) is 27.1. The average molecular weight is 672 g/mol. The molecule has 0 aliphatic carbocycles. The summed E-state index contributed by atoms with van der Waals surface area (Å²) in [5, 5.41) is 3.70. The molecule has 13 nitrogen and oxygen atoms in total. The van der Waals surface area contributed by atoms with Gasteiger partial charge in [-0.3, -0.25) is 5.32 Å². The topological polar surface area (TPSA) is 147 Å². The van der Waals surface area contributed by atoms with Crippen LogP contribution in [-0.4, -0.2) is 91.5 Å². The quantitative estimate of drug-likeness (QED) is 0.335. The van der Waals surface area contributed by atoms with E-state index in [1.54, 1.807) is 30.9 Å². The molecule has 15 heteroatoms. The van der Waals surface area contributed by atoms with Crippen LogP contribution < -0.4 is 15.1 Å². The second-order valence-electron chi connectivity index (χ2n) is 12.3. The van der Waals surface area contributed by atoms with Gasteiger partial charge in [0.05, 0.1) is 17.2 Å². The summed E-state index contributed by atoms with van der Waals surface area (Å²) >= 11 is 1.18. The third-order valence-electron chi connectivity index (χ3n) is 7.55. The first-order valence-corrected chi connectivity index (χ1v) is 18.0. The van der Waals surface area contributed by atoms with E-state index in [2.05, 4.69) is 20.1 Å². The van der Waals surface area contributed by atoms with E-state index in [4.69, 9.17) is 19.4 Å². The van der Waals surface area contributed by atoms with E-state index in [9.17, 15) is 18.0 Å². The molecule has 1 amide bonds. The lowest BCUT2D eigenvalue weighted by Crippen LogP contribution is -2.50. The Hall–Kier alpha value is -3.98. The number of carbonyl (C=O) groups is 2. The molecular weight excluding hydrogens is 631 g/mol. The first-order chi connectivity index (χ1) is 21.7. The van der Waals surface area contributed by atoms with Crippen LogP contribution in [0.4, 0.5) is 27.5 Å². The molecule has 2 aliphatic heterocycles. The second-order valence-corrected chi connectivity index (χ2v) is 15.4. The van der Waals surface area contributed by atoms with E-state index in [0.717, 1.165) is 42.1 Å². The highest BCUT2D eigenvalue weighted by molar-refractivity contribution is 7.90. The van der Waals surface area contributed by atoms with Crippen molar-refractivity contribution >= 4 is 56.0 Å². The van der Waals surface area contributed by atoms with Crippen molar-refractivity contribution in [3.05, 3.63) is 46.0 Å². The number of nitrogens with zero attached hydrogens (tertiary/aromatic N) is 6. The van der Waals surface area contributed by atoms with E-state index in [-0.39, 0.29) is 17.6 Å². The van der Waals surface area contributed by atoms with Crippen molar-refractivity contribution in [2.45, 2.75) is 64.5 Å². The molecule has 0 radical (unpaired) electrons. The Labute approximate surface area is 273 Å². The minimum atomic E-state index is -3.30. The molecule has 0 atom stereocenters. The van der Waals surface area contributed by atoms with Gasteiger partial charge in [-0.05, 0) is 65.2 Å². The van der Waals surface area contributed by atoms with Crippen LogP contribution in [0.3, 0.4) is 0 Å². The third-order valence-corrected chi connectivity index (χ3v) is 9.73. The summed E-state index contributed by atoms with van der Waals surface area (Å²) < 4.78 is 34.7. The molecule has 0 spiro atoms. The van der Waals surface area contributed by atoms with Gasteiger partial charge in [-0.1, -0.05) is 23.5 Å². The van der Waals surface area contributed by atoms with E-state index in [0.29, 0.717) is 54.4 Å². The summed E-state index contributed by atoms with van der Waals surface area (Å²) in [7, 11) is -3.30. The van der Waals surface area contributed by atoms with Gasteiger partial charge in [0.15, 0.2) is 15.0 Å². The van der Waals surface area contributed by atoms with Crippen molar-refractivity contribution < 1.29 is 27.5 Å². The Bertz CT molecular complexity index is 1700. The largest absolute Gasteiger partial charge is 0.462 e. The normalized spacial score (nSPS) is 15.4. The number of anilines is 4. The van der Waals surface area contributed by atoms with Gasteiger partial charge < -0.3 is 24.2 Å². The predicted molar refractivity (Wildman–Crippen MR) is 177 cm³/mol. The Kier molecular flexibility index (Phi) is 9.73. The number of thiazole rings is 1. The van der Waals surface area contributed by atoms with Crippen molar-refractivity contribution in [2.24, 2.45) is 0 Å². The van der Waals surface area contributed by atoms with Crippen molar-refractivity contribution in [3.63, 3.8) is 0 Å². The highest BCUT2D eigenvalue weighted by Gasteiger charge is 2.31. The van der Waals surface area contributed by atoms with Gasteiger partial charge in [-0.15, -0.1) is 0 Å². The maximum atomic E-state index is 12.7. The number of hydrogen-bond donors (Lipinski definition) is 1. The highest BCUT2D eigenvalue weighted by Crippen LogP contribution is 2.36. The fourth-order valence-corrected chi connectivity index (χ4v) is 6.88. The molecule has 5 rings (SSSR count). The summed E-state index contributed by atoms with van der Waals surface area (Å²) in [6.45, 7) is 12.7. The minimum absolute atomic E-state index is 0.268. The molecule has 1 saturated heterocycles.